The van der Waals surface area contributed by atoms with Crippen LogP contribution in [-0.2, 0) is 0 Å². The van der Waals surface area contributed by atoms with E-state index in [1.807, 2.05) is 0 Å². The predicted octanol–water partition coefficient (Wildman–Crippen LogP) is 5.42. The maximum absolute atomic E-state index is 11.5. The van der Waals surface area contributed by atoms with E-state index in [1.165, 1.54) is 17.5 Å². The molecule has 2 aromatic carbocycles. The molecule has 2 heterocycles. The van der Waals surface area contributed by atoms with Crippen LogP contribution >= 0.6 is 11.3 Å². The average Bonchev–Trinajstić information content (AvgIpc) is 3.09. The minimum atomic E-state index is -0.983. The Bertz CT molecular complexity index is 1170. The molecule has 27 heavy (non-hydrogen) atoms. The Morgan fingerprint density at radius 3 is 2.67 bits per heavy atom. The van der Waals surface area contributed by atoms with Crippen molar-refractivity contribution >= 4 is 39.0 Å². The first-order chi connectivity index (χ1) is 13.0. The number of hydrogen-bond donors (Lipinski definition) is 2. The second-order valence-corrected chi connectivity index (χ2v) is 7.18. The Morgan fingerprint density at radius 1 is 1.07 bits per heavy atom. The van der Waals surface area contributed by atoms with Gasteiger partial charge in [-0.1, -0.05) is 30.3 Å². The molecule has 2 aromatic heterocycles. The minimum absolute atomic E-state index is 0.201. The molecule has 134 valence electrons. The molecule has 0 radical (unpaired) electrons. The number of benzene rings is 2. The number of nitrogens with zero attached hydrogens (tertiary/aromatic N) is 2. The second-order valence-electron chi connectivity index (χ2n) is 6.33. The minimum Gasteiger partial charge on any atom is -0.478 e. The lowest BCUT2D eigenvalue weighted by Gasteiger charge is -2.11. The van der Waals surface area contributed by atoms with E-state index in [9.17, 15) is 9.90 Å². The van der Waals surface area contributed by atoms with Crippen LogP contribution in [0.1, 0.15) is 21.5 Å². The fourth-order valence-corrected chi connectivity index (χ4v) is 3.91. The van der Waals surface area contributed by atoms with Crippen molar-refractivity contribution in [3.63, 3.8) is 0 Å². The molecule has 4 rings (SSSR count). The number of aromatic nitrogens is 2. The summed E-state index contributed by atoms with van der Waals surface area (Å²) in [6.07, 6.45) is 1.49. The van der Waals surface area contributed by atoms with Gasteiger partial charge in [0.1, 0.15) is 17.0 Å². The molecule has 0 amide bonds. The molecule has 6 heteroatoms. The predicted molar refractivity (Wildman–Crippen MR) is 109 cm³/mol. The topological polar surface area (TPSA) is 75.1 Å². The summed E-state index contributed by atoms with van der Waals surface area (Å²) in [5.74, 6) is -0.383. The molecular weight excluding hydrogens is 358 g/mol. The van der Waals surface area contributed by atoms with Gasteiger partial charge in [0.05, 0.1) is 16.6 Å². The summed E-state index contributed by atoms with van der Waals surface area (Å²) in [7, 11) is 0. The van der Waals surface area contributed by atoms with E-state index < -0.39 is 5.97 Å². The molecule has 0 saturated heterocycles. The van der Waals surface area contributed by atoms with E-state index in [-0.39, 0.29) is 5.56 Å². The Morgan fingerprint density at radius 2 is 1.89 bits per heavy atom. The number of carboxylic acid groups (broad SMARTS) is 1. The maximum atomic E-state index is 11.5. The number of carboxylic acids is 1. The first kappa shape index (κ1) is 17.2. The number of thiophene rings is 1. The number of rotatable bonds is 4. The Balaban J connectivity index is 1.86. The van der Waals surface area contributed by atoms with Crippen molar-refractivity contribution in [1.29, 1.82) is 0 Å². The number of nitrogens with one attached hydrogen (secondary N) is 1. The third-order valence-corrected chi connectivity index (χ3v) is 5.49. The van der Waals surface area contributed by atoms with Gasteiger partial charge in [0.2, 0.25) is 0 Å². The lowest BCUT2D eigenvalue weighted by molar-refractivity contribution is 0.0698. The monoisotopic (exact) mass is 375 g/mol. The largest absolute Gasteiger partial charge is 0.478 e. The normalized spacial score (nSPS) is 10.9. The molecule has 0 aliphatic rings. The fraction of sp³-hybridized carbons (Fsp3) is 0.0952. The summed E-state index contributed by atoms with van der Waals surface area (Å²) in [4.78, 5) is 21.1. The van der Waals surface area contributed by atoms with Gasteiger partial charge in [0.25, 0.3) is 0 Å². The number of anilines is 2. The summed E-state index contributed by atoms with van der Waals surface area (Å²) in [5, 5.41) is 15.6. The van der Waals surface area contributed by atoms with Gasteiger partial charge in [-0.2, -0.15) is 0 Å². The van der Waals surface area contributed by atoms with Gasteiger partial charge in [0.15, 0.2) is 0 Å². The maximum Gasteiger partial charge on any atom is 0.337 e. The van der Waals surface area contributed by atoms with Crippen molar-refractivity contribution in [1.82, 2.24) is 9.97 Å². The van der Waals surface area contributed by atoms with E-state index in [0.717, 1.165) is 21.3 Å². The highest BCUT2D eigenvalue weighted by molar-refractivity contribution is 7.17. The van der Waals surface area contributed by atoms with Crippen LogP contribution in [0.2, 0.25) is 0 Å². The molecule has 0 spiro atoms. The molecule has 0 atom stereocenters. The number of aryl methyl sites for hydroxylation is 2. The molecule has 4 aromatic rings. The zero-order valence-corrected chi connectivity index (χ0v) is 15.7. The third-order valence-electron chi connectivity index (χ3n) is 4.60. The Kier molecular flexibility index (Phi) is 4.33. The van der Waals surface area contributed by atoms with Crippen LogP contribution in [0.5, 0.6) is 0 Å². The first-order valence-corrected chi connectivity index (χ1v) is 9.31. The lowest BCUT2D eigenvalue weighted by atomic mass is 10.0. The van der Waals surface area contributed by atoms with Crippen molar-refractivity contribution in [2.45, 2.75) is 13.8 Å². The van der Waals surface area contributed by atoms with Crippen molar-refractivity contribution in [3.8, 4) is 11.1 Å². The van der Waals surface area contributed by atoms with E-state index in [0.29, 0.717) is 11.5 Å². The summed E-state index contributed by atoms with van der Waals surface area (Å²) in [6.45, 7) is 4.18. The van der Waals surface area contributed by atoms with Gasteiger partial charge in [0, 0.05) is 10.9 Å². The van der Waals surface area contributed by atoms with Gasteiger partial charge in [-0.15, -0.1) is 11.3 Å². The third kappa shape index (κ3) is 3.15. The molecule has 0 fully saturated rings. The number of aromatic carboxylic acids is 1. The van der Waals surface area contributed by atoms with E-state index in [1.54, 1.807) is 35.6 Å². The number of hydrogen-bond acceptors (Lipinski definition) is 5. The summed E-state index contributed by atoms with van der Waals surface area (Å²) in [5.41, 5.74) is 5.29. The highest BCUT2D eigenvalue weighted by Crippen LogP contribution is 2.38. The highest BCUT2D eigenvalue weighted by atomic mass is 32.1. The van der Waals surface area contributed by atoms with Crippen LogP contribution in [0.25, 0.3) is 21.3 Å². The van der Waals surface area contributed by atoms with Crippen LogP contribution in [0.15, 0.2) is 54.2 Å². The van der Waals surface area contributed by atoms with Crippen LogP contribution in [0.4, 0.5) is 11.5 Å². The zero-order valence-electron chi connectivity index (χ0n) is 14.9. The average molecular weight is 375 g/mol. The van der Waals surface area contributed by atoms with Crippen LogP contribution < -0.4 is 5.32 Å². The smallest absolute Gasteiger partial charge is 0.337 e. The van der Waals surface area contributed by atoms with Gasteiger partial charge in [-0.25, -0.2) is 14.8 Å². The second kappa shape index (κ2) is 6.81. The Labute approximate surface area is 160 Å². The summed E-state index contributed by atoms with van der Waals surface area (Å²) < 4.78 is 0. The summed E-state index contributed by atoms with van der Waals surface area (Å²) >= 11 is 1.55. The van der Waals surface area contributed by atoms with E-state index in [4.69, 9.17) is 0 Å². The summed E-state index contributed by atoms with van der Waals surface area (Å²) in [6, 6.07) is 13.1. The number of carbonyl (C=O) groups is 1. The molecule has 0 aliphatic carbocycles. The van der Waals surface area contributed by atoms with Crippen LogP contribution in [0, 0.1) is 13.8 Å². The van der Waals surface area contributed by atoms with Gasteiger partial charge >= 0.3 is 5.97 Å². The molecule has 0 saturated carbocycles. The van der Waals surface area contributed by atoms with E-state index >= 15 is 0 Å². The zero-order chi connectivity index (χ0) is 19.0. The standard InChI is InChI=1S/C21H17N3O2S/c1-12-7-8-14(9-13(12)2)16-10-27-20-18(16)19(22-11-23-20)24-17-6-4-3-5-15(17)21(25)26/h3-11H,1-2H3,(H,25,26)(H,22,23,24). The highest BCUT2D eigenvalue weighted by Gasteiger charge is 2.16. The first-order valence-electron chi connectivity index (χ1n) is 8.44. The Hall–Kier alpha value is -3.25. The number of para-hydroxylation sites is 1. The van der Waals surface area contributed by atoms with Crippen molar-refractivity contribution < 1.29 is 9.90 Å². The van der Waals surface area contributed by atoms with Crippen LogP contribution in [0.3, 0.4) is 0 Å². The van der Waals surface area contributed by atoms with Crippen molar-refractivity contribution in [2.24, 2.45) is 0 Å². The molecule has 2 N–H and O–H groups in total. The molecule has 0 bridgehead atoms. The van der Waals surface area contributed by atoms with Gasteiger partial charge < -0.3 is 10.4 Å². The number of fused-ring (bicyclic) bond motifs is 1. The van der Waals surface area contributed by atoms with E-state index in [2.05, 4.69) is 52.7 Å². The van der Waals surface area contributed by atoms with Gasteiger partial charge in [-0.05, 0) is 42.7 Å². The molecule has 0 unspecified atom stereocenters. The van der Waals surface area contributed by atoms with Crippen molar-refractivity contribution in [3.05, 3.63) is 70.9 Å². The fourth-order valence-electron chi connectivity index (χ4n) is 3.00. The quantitative estimate of drug-likeness (QED) is 0.498. The lowest BCUT2D eigenvalue weighted by Crippen LogP contribution is -2.03. The molecule has 0 aliphatic heterocycles. The van der Waals surface area contributed by atoms with Gasteiger partial charge in [-0.3, -0.25) is 0 Å². The van der Waals surface area contributed by atoms with Crippen LogP contribution in [-0.4, -0.2) is 21.0 Å². The molecule has 5 nitrogen and oxygen atoms in total. The SMILES string of the molecule is Cc1ccc(-c2csc3ncnc(Nc4ccccc4C(=O)O)c23)cc1C. The molecular formula is C21H17N3O2S. The van der Waals surface area contributed by atoms with Crippen molar-refractivity contribution in [2.75, 3.05) is 5.32 Å².